The van der Waals surface area contributed by atoms with Crippen molar-refractivity contribution in [2.75, 3.05) is 6.54 Å². The van der Waals surface area contributed by atoms with Gasteiger partial charge in [-0.3, -0.25) is 4.79 Å². The number of likely N-dealkylation sites (tertiary alicyclic amines) is 1. The fraction of sp³-hybridized carbons (Fsp3) is 0.652. The van der Waals surface area contributed by atoms with Crippen molar-refractivity contribution < 1.29 is 4.79 Å². The molecule has 0 spiro atoms. The molecule has 1 fully saturated rings. The van der Waals surface area contributed by atoms with Gasteiger partial charge in [0.05, 0.1) is 17.7 Å². The van der Waals surface area contributed by atoms with Crippen LogP contribution in [0.3, 0.4) is 0 Å². The summed E-state index contributed by atoms with van der Waals surface area (Å²) in [6, 6.07) is 6.46. The summed E-state index contributed by atoms with van der Waals surface area (Å²) < 4.78 is 2.30. The molecule has 0 aliphatic carbocycles. The van der Waals surface area contributed by atoms with Gasteiger partial charge in [-0.1, -0.05) is 52.0 Å². The third kappa shape index (κ3) is 4.91. The average molecular weight is 370 g/mol. The van der Waals surface area contributed by atoms with Gasteiger partial charge in [0.15, 0.2) is 0 Å². The summed E-state index contributed by atoms with van der Waals surface area (Å²) in [5, 5.41) is 0. The van der Waals surface area contributed by atoms with E-state index >= 15 is 0 Å². The summed E-state index contributed by atoms with van der Waals surface area (Å²) in [5.41, 5.74) is 3.47. The lowest BCUT2D eigenvalue weighted by Gasteiger charge is -2.20. The largest absolute Gasteiger partial charge is 0.324 e. The Kier molecular flexibility index (Phi) is 6.92. The molecule has 1 atom stereocenters. The van der Waals surface area contributed by atoms with E-state index in [4.69, 9.17) is 4.98 Å². The normalized spacial score (nSPS) is 17.4. The van der Waals surface area contributed by atoms with Gasteiger partial charge >= 0.3 is 0 Å². The second kappa shape index (κ2) is 9.38. The van der Waals surface area contributed by atoms with E-state index < -0.39 is 0 Å². The van der Waals surface area contributed by atoms with Crippen molar-refractivity contribution in [3.8, 4) is 0 Å². The number of aromatic nitrogens is 2. The van der Waals surface area contributed by atoms with Crippen LogP contribution in [0.4, 0.5) is 0 Å². The number of hydrogen-bond donors (Lipinski definition) is 0. The van der Waals surface area contributed by atoms with E-state index in [9.17, 15) is 4.79 Å². The fourth-order valence-corrected chi connectivity index (χ4v) is 4.28. The molecule has 0 radical (unpaired) electrons. The lowest BCUT2D eigenvalue weighted by Crippen LogP contribution is -2.28. The summed E-state index contributed by atoms with van der Waals surface area (Å²) >= 11 is 0. The fourth-order valence-electron chi connectivity index (χ4n) is 4.28. The first-order valence-electron chi connectivity index (χ1n) is 10.9. The lowest BCUT2D eigenvalue weighted by atomic mass is 10.0. The van der Waals surface area contributed by atoms with E-state index in [2.05, 4.69) is 43.5 Å². The number of carbonyl (C=O) groups is 1. The van der Waals surface area contributed by atoms with Gasteiger partial charge in [-0.05, 0) is 43.4 Å². The molecule has 0 N–H and O–H groups in total. The summed E-state index contributed by atoms with van der Waals surface area (Å²) in [6.07, 6.45) is 10.3. The molecule has 27 heavy (non-hydrogen) atoms. The molecule has 1 aliphatic rings. The van der Waals surface area contributed by atoms with Crippen LogP contribution < -0.4 is 0 Å². The van der Waals surface area contributed by atoms with Gasteiger partial charge < -0.3 is 9.47 Å². The van der Waals surface area contributed by atoms with Crippen LogP contribution >= 0.6 is 0 Å². The number of rotatable bonds is 10. The predicted molar refractivity (Wildman–Crippen MR) is 112 cm³/mol. The number of fused-ring (bicyclic) bond motifs is 1. The van der Waals surface area contributed by atoms with Crippen LogP contribution in [0.15, 0.2) is 18.2 Å². The number of imidazole rings is 1. The third-order valence-electron chi connectivity index (χ3n) is 5.79. The minimum atomic E-state index is 0.303. The van der Waals surface area contributed by atoms with Crippen molar-refractivity contribution >= 4 is 16.9 Å². The van der Waals surface area contributed by atoms with Crippen molar-refractivity contribution in [1.82, 2.24) is 14.5 Å². The average Bonchev–Trinajstić information content (AvgIpc) is 3.16. The standard InChI is InChI=1S/C23H35N3O/c1-4-6-7-8-9-11-22-24-20-13-12-18(3)14-21(20)26(22)17-25-16-19(10-5-2)15-23(25)27/h12-14,19H,4-11,15-17H2,1-3H3. The van der Waals surface area contributed by atoms with Crippen LogP contribution in [0.5, 0.6) is 0 Å². The minimum absolute atomic E-state index is 0.303. The first-order chi connectivity index (χ1) is 13.1. The van der Waals surface area contributed by atoms with Gasteiger partial charge in [0, 0.05) is 19.4 Å². The molecule has 1 aromatic heterocycles. The molecular weight excluding hydrogens is 334 g/mol. The maximum atomic E-state index is 12.5. The molecule has 2 aromatic rings. The zero-order chi connectivity index (χ0) is 19.2. The van der Waals surface area contributed by atoms with Gasteiger partial charge in [0.1, 0.15) is 5.82 Å². The highest BCUT2D eigenvalue weighted by atomic mass is 16.2. The molecule has 0 saturated carbocycles. The minimum Gasteiger partial charge on any atom is -0.324 e. The van der Waals surface area contributed by atoms with Crippen LogP contribution in [0.25, 0.3) is 11.0 Å². The Bertz CT molecular complexity index is 764. The van der Waals surface area contributed by atoms with Crippen LogP contribution in [-0.2, 0) is 17.9 Å². The van der Waals surface area contributed by atoms with Crippen molar-refractivity contribution in [3.63, 3.8) is 0 Å². The Balaban J connectivity index is 1.78. The highest BCUT2D eigenvalue weighted by Crippen LogP contribution is 2.25. The summed E-state index contributed by atoms with van der Waals surface area (Å²) in [6.45, 7) is 8.13. The number of hydrogen-bond acceptors (Lipinski definition) is 2. The smallest absolute Gasteiger partial charge is 0.224 e. The maximum absolute atomic E-state index is 12.5. The van der Waals surface area contributed by atoms with Crippen LogP contribution in [0.2, 0.25) is 0 Å². The Morgan fingerprint density at radius 3 is 2.70 bits per heavy atom. The van der Waals surface area contributed by atoms with E-state index in [1.807, 2.05) is 4.90 Å². The molecule has 4 nitrogen and oxygen atoms in total. The SMILES string of the molecule is CCCCCCCc1nc2ccc(C)cc2n1CN1CC(CCC)CC1=O. The van der Waals surface area contributed by atoms with E-state index in [1.54, 1.807) is 0 Å². The first-order valence-corrected chi connectivity index (χ1v) is 10.9. The summed E-state index contributed by atoms with van der Waals surface area (Å²) in [4.78, 5) is 19.5. The zero-order valence-electron chi connectivity index (χ0n) is 17.3. The van der Waals surface area contributed by atoms with Crippen molar-refractivity contribution in [2.45, 2.75) is 85.2 Å². The number of nitrogens with zero attached hydrogens (tertiary/aromatic N) is 3. The van der Waals surface area contributed by atoms with E-state index in [-0.39, 0.29) is 0 Å². The van der Waals surface area contributed by atoms with Crippen molar-refractivity contribution in [3.05, 3.63) is 29.6 Å². The Morgan fingerprint density at radius 1 is 1.11 bits per heavy atom. The molecule has 3 rings (SSSR count). The zero-order valence-corrected chi connectivity index (χ0v) is 17.3. The van der Waals surface area contributed by atoms with Gasteiger partial charge in [-0.2, -0.15) is 0 Å². The van der Waals surface area contributed by atoms with Crippen molar-refractivity contribution in [2.24, 2.45) is 5.92 Å². The van der Waals surface area contributed by atoms with Crippen molar-refractivity contribution in [1.29, 1.82) is 0 Å². The number of unbranched alkanes of at least 4 members (excludes halogenated alkanes) is 4. The van der Waals surface area contributed by atoms with E-state index in [0.29, 0.717) is 24.9 Å². The quantitative estimate of drug-likeness (QED) is 0.521. The molecule has 1 unspecified atom stereocenters. The molecule has 2 heterocycles. The predicted octanol–water partition coefficient (Wildman–Crippen LogP) is 5.46. The van der Waals surface area contributed by atoms with E-state index in [1.165, 1.54) is 43.2 Å². The van der Waals surface area contributed by atoms with Gasteiger partial charge in [-0.25, -0.2) is 4.98 Å². The Morgan fingerprint density at radius 2 is 1.93 bits per heavy atom. The lowest BCUT2D eigenvalue weighted by molar-refractivity contribution is -0.129. The highest BCUT2D eigenvalue weighted by molar-refractivity contribution is 5.79. The summed E-state index contributed by atoms with van der Waals surface area (Å²) in [7, 11) is 0. The molecular formula is C23H35N3O. The second-order valence-electron chi connectivity index (χ2n) is 8.23. The topological polar surface area (TPSA) is 38.1 Å². The third-order valence-corrected chi connectivity index (χ3v) is 5.79. The molecule has 1 amide bonds. The molecule has 148 valence electrons. The number of aryl methyl sites for hydroxylation is 2. The van der Waals surface area contributed by atoms with Crippen LogP contribution in [0.1, 0.15) is 76.6 Å². The van der Waals surface area contributed by atoms with Gasteiger partial charge in [0.2, 0.25) is 5.91 Å². The van der Waals surface area contributed by atoms with Gasteiger partial charge in [0.25, 0.3) is 0 Å². The Hall–Kier alpha value is -1.84. The van der Waals surface area contributed by atoms with Crippen LogP contribution in [0, 0.1) is 12.8 Å². The number of amides is 1. The molecule has 0 bridgehead atoms. The van der Waals surface area contributed by atoms with E-state index in [0.717, 1.165) is 37.1 Å². The number of benzene rings is 1. The Labute approximate surface area is 164 Å². The number of carbonyl (C=O) groups excluding carboxylic acids is 1. The molecule has 1 aliphatic heterocycles. The second-order valence-corrected chi connectivity index (χ2v) is 8.23. The molecule has 1 saturated heterocycles. The maximum Gasteiger partial charge on any atom is 0.224 e. The molecule has 1 aromatic carbocycles. The van der Waals surface area contributed by atoms with Crippen LogP contribution in [-0.4, -0.2) is 26.9 Å². The monoisotopic (exact) mass is 369 g/mol. The molecule has 4 heteroatoms. The first kappa shape index (κ1) is 19.9. The highest BCUT2D eigenvalue weighted by Gasteiger charge is 2.29. The summed E-state index contributed by atoms with van der Waals surface area (Å²) in [5.74, 6) is 1.97. The van der Waals surface area contributed by atoms with Gasteiger partial charge in [-0.15, -0.1) is 0 Å².